The summed E-state index contributed by atoms with van der Waals surface area (Å²) < 4.78 is 30.3. The summed E-state index contributed by atoms with van der Waals surface area (Å²) in [6, 6.07) is 14.9. The van der Waals surface area contributed by atoms with E-state index >= 15 is 4.39 Å². The van der Waals surface area contributed by atoms with E-state index in [0.717, 1.165) is 0 Å². The lowest BCUT2D eigenvalue weighted by Gasteiger charge is -2.40. The number of nitrogens with one attached hydrogen (secondary N) is 1. The second-order valence-corrected chi connectivity index (χ2v) is 5.21. The average molecular weight is 288 g/mol. The number of benzene rings is 2. The Balaban J connectivity index is 2.12. The minimum absolute atomic E-state index is 0.0816. The van der Waals surface area contributed by atoms with E-state index in [9.17, 15) is 4.39 Å². The highest BCUT2D eigenvalue weighted by Crippen LogP contribution is 2.38. The van der Waals surface area contributed by atoms with Crippen LogP contribution in [0.3, 0.4) is 0 Å². The van der Waals surface area contributed by atoms with Crippen LogP contribution in [0.15, 0.2) is 54.6 Å². The van der Waals surface area contributed by atoms with Crippen molar-refractivity contribution in [2.75, 3.05) is 26.2 Å². The molecule has 0 saturated carbocycles. The topological polar surface area (TPSA) is 15.3 Å². The minimum atomic E-state index is -1.94. The van der Waals surface area contributed by atoms with E-state index in [1.807, 2.05) is 6.07 Å². The summed E-state index contributed by atoms with van der Waals surface area (Å²) in [5.74, 6) is -2.45. The number of rotatable bonds is 3. The first-order valence-corrected chi connectivity index (χ1v) is 7.18. The van der Waals surface area contributed by atoms with Gasteiger partial charge in [-0.3, -0.25) is 4.90 Å². The quantitative estimate of drug-likeness (QED) is 0.874. The molecule has 2 aromatic carbocycles. The number of halogens is 2. The summed E-state index contributed by atoms with van der Waals surface area (Å²) in [5.41, 5.74) is 0.551. The third-order valence-electron chi connectivity index (χ3n) is 3.94. The molecule has 4 heteroatoms. The van der Waals surface area contributed by atoms with Crippen LogP contribution in [0.2, 0.25) is 0 Å². The van der Waals surface area contributed by atoms with Crippen molar-refractivity contribution in [3.05, 3.63) is 71.5 Å². The lowest BCUT2D eigenvalue weighted by Crippen LogP contribution is -2.53. The SMILES string of the molecule is Fc1ccccc1C(F)(c1ccccc1)N1CCNCC1. The molecule has 110 valence electrons. The first-order chi connectivity index (χ1) is 10.2. The van der Waals surface area contributed by atoms with Gasteiger partial charge in [-0.1, -0.05) is 48.5 Å². The zero-order valence-electron chi connectivity index (χ0n) is 11.7. The van der Waals surface area contributed by atoms with Gasteiger partial charge in [0.2, 0.25) is 5.79 Å². The van der Waals surface area contributed by atoms with Crippen molar-refractivity contribution in [3.8, 4) is 0 Å². The molecular formula is C17H18F2N2. The molecule has 0 bridgehead atoms. The molecular weight excluding hydrogens is 270 g/mol. The first kappa shape index (κ1) is 14.2. The van der Waals surface area contributed by atoms with Gasteiger partial charge in [0, 0.05) is 37.3 Å². The van der Waals surface area contributed by atoms with Crippen LogP contribution < -0.4 is 5.32 Å². The summed E-state index contributed by atoms with van der Waals surface area (Å²) in [6.45, 7) is 2.49. The van der Waals surface area contributed by atoms with Crippen LogP contribution in [0, 0.1) is 5.82 Å². The Kier molecular flexibility index (Phi) is 3.99. The minimum Gasteiger partial charge on any atom is -0.314 e. The van der Waals surface area contributed by atoms with E-state index in [4.69, 9.17) is 0 Å². The van der Waals surface area contributed by atoms with Crippen molar-refractivity contribution in [1.82, 2.24) is 10.2 Å². The van der Waals surface area contributed by atoms with Crippen LogP contribution in [0.1, 0.15) is 11.1 Å². The summed E-state index contributed by atoms with van der Waals surface area (Å²) in [7, 11) is 0. The van der Waals surface area contributed by atoms with E-state index in [-0.39, 0.29) is 5.56 Å². The van der Waals surface area contributed by atoms with Gasteiger partial charge in [0.15, 0.2) is 0 Å². The van der Waals surface area contributed by atoms with Crippen molar-refractivity contribution in [2.45, 2.75) is 5.79 Å². The first-order valence-electron chi connectivity index (χ1n) is 7.18. The predicted molar refractivity (Wildman–Crippen MR) is 79.2 cm³/mol. The molecule has 0 amide bonds. The van der Waals surface area contributed by atoms with Crippen molar-refractivity contribution in [1.29, 1.82) is 0 Å². The molecule has 1 atom stereocenters. The second-order valence-electron chi connectivity index (χ2n) is 5.21. The second kappa shape index (κ2) is 5.92. The summed E-state index contributed by atoms with van der Waals surface area (Å²) >= 11 is 0. The zero-order chi connectivity index (χ0) is 14.7. The predicted octanol–water partition coefficient (Wildman–Crippen LogP) is 2.90. The molecule has 1 aliphatic rings. The fourth-order valence-corrected chi connectivity index (χ4v) is 2.87. The highest BCUT2D eigenvalue weighted by Gasteiger charge is 2.42. The Labute approximate surface area is 123 Å². The van der Waals surface area contributed by atoms with E-state index in [1.165, 1.54) is 12.1 Å². The van der Waals surface area contributed by atoms with Crippen molar-refractivity contribution in [3.63, 3.8) is 0 Å². The highest BCUT2D eigenvalue weighted by atomic mass is 19.2. The number of piperazine rings is 1. The summed E-state index contributed by atoms with van der Waals surface area (Å²) in [6.07, 6.45) is 0. The van der Waals surface area contributed by atoms with E-state index in [1.54, 1.807) is 41.3 Å². The number of hydrogen-bond acceptors (Lipinski definition) is 2. The van der Waals surface area contributed by atoms with E-state index < -0.39 is 11.6 Å². The largest absolute Gasteiger partial charge is 0.314 e. The molecule has 0 aliphatic carbocycles. The molecule has 3 rings (SSSR count). The lowest BCUT2D eigenvalue weighted by atomic mass is 9.93. The molecule has 0 radical (unpaired) electrons. The normalized spacial score (nSPS) is 19.1. The van der Waals surface area contributed by atoms with Gasteiger partial charge in [-0.05, 0) is 6.07 Å². The monoisotopic (exact) mass is 288 g/mol. The van der Waals surface area contributed by atoms with E-state index in [2.05, 4.69) is 5.32 Å². The Morgan fingerprint density at radius 2 is 1.52 bits per heavy atom. The number of nitrogens with zero attached hydrogens (tertiary/aromatic N) is 1. The molecule has 1 aliphatic heterocycles. The smallest absolute Gasteiger partial charge is 0.218 e. The Bertz CT molecular complexity index is 597. The van der Waals surface area contributed by atoms with E-state index in [0.29, 0.717) is 31.7 Å². The maximum absolute atomic E-state index is 16.1. The molecule has 1 saturated heterocycles. The van der Waals surface area contributed by atoms with Crippen LogP contribution in [0.5, 0.6) is 0 Å². The summed E-state index contributed by atoms with van der Waals surface area (Å²) in [4.78, 5) is 1.71. The van der Waals surface area contributed by atoms with Gasteiger partial charge in [-0.15, -0.1) is 0 Å². The maximum Gasteiger partial charge on any atom is 0.218 e. The van der Waals surface area contributed by atoms with Crippen LogP contribution in [-0.2, 0) is 5.79 Å². The molecule has 0 aromatic heterocycles. The fourth-order valence-electron chi connectivity index (χ4n) is 2.87. The van der Waals surface area contributed by atoms with Gasteiger partial charge in [0.1, 0.15) is 5.82 Å². The van der Waals surface area contributed by atoms with Gasteiger partial charge in [0.25, 0.3) is 0 Å². The summed E-state index contributed by atoms with van der Waals surface area (Å²) in [5, 5.41) is 3.20. The van der Waals surface area contributed by atoms with Crippen LogP contribution in [-0.4, -0.2) is 31.1 Å². The number of alkyl halides is 1. The van der Waals surface area contributed by atoms with Gasteiger partial charge >= 0.3 is 0 Å². The Morgan fingerprint density at radius 1 is 0.905 bits per heavy atom. The van der Waals surface area contributed by atoms with Crippen LogP contribution in [0.25, 0.3) is 0 Å². The third-order valence-corrected chi connectivity index (χ3v) is 3.94. The van der Waals surface area contributed by atoms with Gasteiger partial charge in [-0.2, -0.15) is 0 Å². The third kappa shape index (κ3) is 2.57. The molecule has 1 heterocycles. The van der Waals surface area contributed by atoms with Gasteiger partial charge in [0.05, 0.1) is 0 Å². The molecule has 2 nitrogen and oxygen atoms in total. The standard InChI is InChI=1S/C17H18F2N2/c18-16-9-5-4-8-15(16)17(19,14-6-2-1-3-7-14)21-12-10-20-11-13-21/h1-9,20H,10-13H2. The average Bonchev–Trinajstić information content (AvgIpc) is 2.56. The molecule has 1 N–H and O–H groups in total. The Morgan fingerprint density at radius 3 is 2.19 bits per heavy atom. The molecule has 0 spiro atoms. The lowest BCUT2D eigenvalue weighted by molar-refractivity contribution is -0.0138. The van der Waals surface area contributed by atoms with Crippen molar-refractivity contribution >= 4 is 0 Å². The van der Waals surface area contributed by atoms with Crippen molar-refractivity contribution < 1.29 is 8.78 Å². The van der Waals surface area contributed by atoms with Crippen LogP contribution >= 0.6 is 0 Å². The van der Waals surface area contributed by atoms with Crippen molar-refractivity contribution in [2.24, 2.45) is 0 Å². The zero-order valence-corrected chi connectivity index (χ0v) is 11.7. The molecule has 2 aromatic rings. The fraction of sp³-hybridized carbons (Fsp3) is 0.294. The van der Waals surface area contributed by atoms with Gasteiger partial charge in [-0.25, -0.2) is 8.78 Å². The van der Waals surface area contributed by atoms with Crippen LogP contribution in [0.4, 0.5) is 8.78 Å². The highest BCUT2D eigenvalue weighted by molar-refractivity contribution is 5.36. The maximum atomic E-state index is 16.1. The Hall–Kier alpha value is -1.78. The van der Waals surface area contributed by atoms with Gasteiger partial charge < -0.3 is 5.32 Å². The molecule has 1 unspecified atom stereocenters. The molecule has 1 fully saturated rings. The molecule has 21 heavy (non-hydrogen) atoms. The number of hydrogen-bond donors (Lipinski definition) is 1.